The van der Waals surface area contributed by atoms with Crippen molar-refractivity contribution >= 4 is 17.0 Å². The number of carbonyl (C=O) groups is 1. The van der Waals surface area contributed by atoms with Crippen molar-refractivity contribution in [2.45, 2.75) is 44.7 Å². The number of pyridine rings is 1. The molecule has 2 atom stereocenters. The summed E-state index contributed by atoms with van der Waals surface area (Å²) in [5.41, 5.74) is 11.7. The van der Waals surface area contributed by atoms with Crippen LogP contribution in [0.1, 0.15) is 41.6 Å². The molecule has 0 aliphatic heterocycles. The number of hydrogen-bond acceptors (Lipinski definition) is 7. The highest BCUT2D eigenvalue weighted by atomic mass is 16.5. The number of nitrogens with zero attached hydrogens (tertiary/aromatic N) is 1. The molecule has 0 bridgehead atoms. The van der Waals surface area contributed by atoms with Crippen LogP contribution in [0.15, 0.2) is 53.1 Å². The van der Waals surface area contributed by atoms with Crippen molar-refractivity contribution in [2.75, 3.05) is 21.3 Å². The molecule has 0 saturated heterocycles. The zero-order valence-corrected chi connectivity index (χ0v) is 22.2. The summed E-state index contributed by atoms with van der Waals surface area (Å²) in [6.45, 7) is 2.02. The minimum absolute atomic E-state index is 0.000235. The fourth-order valence-corrected chi connectivity index (χ4v) is 5.16. The minimum Gasteiger partial charge on any atom is -0.493 e. The molecule has 1 fully saturated rings. The topological polar surface area (TPSA) is 109 Å². The van der Waals surface area contributed by atoms with E-state index in [-0.39, 0.29) is 18.0 Å². The van der Waals surface area contributed by atoms with Crippen LogP contribution in [0.5, 0.6) is 17.2 Å². The Morgan fingerprint density at radius 3 is 2.39 bits per heavy atom. The molecule has 0 radical (unpaired) electrons. The number of ether oxygens (including phenoxy) is 3. The Hall–Kier alpha value is -4.04. The number of amides is 1. The molecule has 2 aromatic carbocycles. The number of methoxy groups -OCH3 is 3. The van der Waals surface area contributed by atoms with E-state index in [2.05, 4.69) is 10.3 Å². The second kappa shape index (κ2) is 10.8. The van der Waals surface area contributed by atoms with Crippen LogP contribution in [0.3, 0.4) is 0 Å². The molecule has 1 saturated carbocycles. The smallest absolute Gasteiger partial charge is 0.251 e. The third-order valence-corrected chi connectivity index (χ3v) is 7.29. The Balaban J connectivity index is 1.53. The molecule has 38 heavy (non-hydrogen) atoms. The van der Waals surface area contributed by atoms with E-state index < -0.39 is 0 Å². The molecule has 8 nitrogen and oxygen atoms in total. The van der Waals surface area contributed by atoms with Crippen LogP contribution >= 0.6 is 0 Å². The number of aromatic nitrogens is 1. The van der Waals surface area contributed by atoms with Crippen molar-refractivity contribution in [1.29, 1.82) is 0 Å². The molecule has 2 aromatic heterocycles. The lowest BCUT2D eigenvalue weighted by atomic mass is 9.90. The van der Waals surface area contributed by atoms with Gasteiger partial charge < -0.3 is 29.7 Å². The number of benzene rings is 2. The second-order valence-electron chi connectivity index (χ2n) is 9.66. The molecule has 1 aliphatic rings. The van der Waals surface area contributed by atoms with Crippen molar-refractivity contribution < 1.29 is 23.4 Å². The van der Waals surface area contributed by atoms with Crippen molar-refractivity contribution in [3.63, 3.8) is 0 Å². The highest BCUT2D eigenvalue weighted by Crippen LogP contribution is 2.43. The molecular weight excluding hydrogens is 482 g/mol. The van der Waals surface area contributed by atoms with E-state index in [0.29, 0.717) is 39.7 Å². The Kier molecular flexibility index (Phi) is 7.24. The first-order valence-corrected chi connectivity index (χ1v) is 12.8. The SMILES string of the molecule is COc1cc(-c2cc3nccc(-c4cc(C(=O)N[C@@H]5CCCCC5N)ccc4C)c3o2)cc(OC)c1OC. The second-order valence-corrected chi connectivity index (χ2v) is 9.66. The van der Waals surface area contributed by atoms with Gasteiger partial charge in [0.2, 0.25) is 5.75 Å². The van der Waals surface area contributed by atoms with Gasteiger partial charge in [-0.3, -0.25) is 9.78 Å². The summed E-state index contributed by atoms with van der Waals surface area (Å²) in [4.78, 5) is 17.7. The highest BCUT2D eigenvalue weighted by molar-refractivity contribution is 5.98. The minimum atomic E-state index is -0.114. The molecule has 4 aromatic rings. The van der Waals surface area contributed by atoms with E-state index in [1.807, 2.05) is 49.4 Å². The van der Waals surface area contributed by atoms with Gasteiger partial charge in [-0.15, -0.1) is 0 Å². The predicted octanol–water partition coefficient (Wildman–Crippen LogP) is 5.50. The van der Waals surface area contributed by atoms with Crippen LogP contribution in [0.2, 0.25) is 0 Å². The monoisotopic (exact) mass is 515 g/mol. The van der Waals surface area contributed by atoms with Crippen LogP contribution in [0, 0.1) is 6.92 Å². The number of nitrogens with two attached hydrogens (primary N) is 1. The van der Waals surface area contributed by atoms with Crippen LogP contribution in [-0.2, 0) is 0 Å². The van der Waals surface area contributed by atoms with Crippen LogP contribution in [0.4, 0.5) is 0 Å². The maximum absolute atomic E-state index is 13.1. The first kappa shape index (κ1) is 25.6. The lowest BCUT2D eigenvalue weighted by Crippen LogP contribution is -2.49. The predicted molar refractivity (Wildman–Crippen MR) is 147 cm³/mol. The van der Waals surface area contributed by atoms with Gasteiger partial charge >= 0.3 is 0 Å². The van der Waals surface area contributed by atoms with E-state index in [1.165, 1.54) is 0 Å². The lowest BCUT2D eigenvalue weighted by molar-refractivity contribution is 0.0921. The average Bonchev–Trinajstić information content (AvgIpc) is 3.38. The first-order valence-electron chi connectivity index (χ1n) is 12.8. The van der Waals surface area contributed by atoms with Gasteiger partial charge in [0.1, 0.15) is 11.3 Å². The summed E-state index contributed by atoms with van der Waals surface area (Å²) < 4.78 is 22.8. The van der Waals surface area contributed by atoms with Crippen molar-refractivity contribution in [2.24, 2.45) is 5.73 Å². The summed E-state index contributed by atoms with van der Waals surface area (Å²) in [5, 5.41) is 3.14. The third-order valence-electron chi connectivity index (χ3n) is 7.29. The van der Waals surface area contributed by atoms with Crippen LogP contribution in [0.25, 0.3) is 33.6 Å². The highest BCUT2D eigenvalue weighted by Gasteiger charge is 2.24. The lowest BCUT2D eigenvalue weighted by Gasteiger charge is -2.29. The van der Waals surface area contributed by atoms with Gasteiger partial charge in [0.15, 0.2) is 17.1 Å². The van der Waals surface area contributed by atoms with Gasteiger partial charge in [-0.2, -0.15) is 0 Å². The van der Waals surface area contributed by atoms with Gasteiger partial charge in [-0.1, -0.05) is 18.9 Å². The maximum atomic E-state index is 13.1. The fourth-order valence-electron chi connectivity index (χ4n) is 5.16. The Bertz CT molecular complexity index is 1450. The molecule has 198 valence electrons. The van der Waals surface area contributed by atoms with Gasteiger partial charge in [-0.05, 0) is 61.2 Å². The molecule has 5 rings (SSSR count). The Morgan fingerprint density at radius 1 is 0.974 bits per heavy atom. The third kappa shape index (κ3) is 4.79. The molecule has 1 unspecified atom stereocenters. The number of hydrogen-bond donors (Lipinski definition) is 2. The molecule has 0 spiro atoms. The largest absolute Gasteiger partial charge is 0.493 e. The normalized spacial score (nSPS) is 17.3. The zero-order valence-electron chi connectivity index (χ0n) is 22.2. The van der Waals surface area contributed by atoms with E-state index in [0.717, 1.165) is 47.9 Å². The van der Waals surface area contributed by atoms with E-state index in [9.17, 15) is 4.79 Å². The van der Waals surface area contributed by atoms with Crippen LogP contribution in [-0.4, -0.2) is 44.3 Å². The quantitative estimate of drug-likeness (QED) is 0.335. The molecular formula is C30H33N3O5. The number of nitrogens with one attached hydrogen (secondary N) is 1. The van der Waals surface area contributed by atoms with Gasteiger partial charge in [0.05, 0.1) is 21.3 Å². The molecule has 8 heteroatoms. The fraction of sp³-hybridized carbons (Fsp3) is 0.333. The number of furan rings is 1. The summed E-state index contributed by atoms with van der Waals surface area (Å²) in [6, 6.07) is 13.2. The summed E-state index contributed by atoms with van der Waals surface area (Å²) in [5.74, 6) is 2.06. The van der Waals surface area contributed by atoms with Crippen LogP contribution < -0.4 is 25.3 Å². The Labute approximate surface area is 222 Å². The number of carbonyl (C=O) groups excluding carboxylic acids is 1. The van der Waals surface area contributed by atoms with Gasteiger partial charge in [0, 0.05) is 41.0 Å². The van der Waals surface area contributed by atoms with Gasteiger partial charge in [-0.25, -0.2) is 0 Å². The average molecular weight is 516 g/mol. The summed E-state index contributed by atoms with van der Waals surface area (Å²) >= 11 is 0. The molecule has 1 aliphatic carbocycles. The summed E-state index contributed by atoms with van der Waals surface area (Å²) in [6.07, 6.45) is 5.79. The zero-order chi connectivity index (χ0) is 26.8. The number of fused-ring (bicyclic) bond motifs is 1. The molecule has 2 heterocycles. The van der Waals surface area contributed by atoms with Gasteiger partial charge in [0.25, 0.3) is 5.91 Å². The summed E-state index contributed by atoms with van der Waals surface area (Å²) in [7, 11) is 4.72. The van der Waals surface area contributed by atoms with Crippen molar-refractivity contribution in [3.8, 4) is 39.7 Å². The maximum Gasteiger partial charge on any atom is 0.251 e. The van der Waals surface area contributed by atoms with Crippen molar-refractivity contribution in [3.05, 3.63) is 59.8 Å². The van der Waals surface area contributed by atoms with E-state index >= 15 is 0 Å². The Morgan fingerprint density at radius 2 is 1.71 bits per heavy atom. The number of rotatable bonds is 7. The molecule has 1 amide bonds. The number of aryl methyl sites for hydroxylation is 1. The standard InChI is InChI=1S/C30H33N3O5/c1-17-9-10-18(30(34)33-23-8-6-5-7-22(23)31)13-21(17)20-11-12-32-24-16-25(38-28(20)24)19-14-26(35-2)29(37-4)27(15-19)36-3/h9-16,22-23H,5-8,31H2,1-4H3,(H,33,34)/t22?,23-/m1/s1. The first-order chi connectivity index (χ1) is 18.4. The van der Waals surface area contributed by atoms with Crippen molar-refractivity contribution in [1.82, 2.24) is 10.3 Å². The van der Waals surface area contributed by atoms with E-state index in [1.54, 1.807) is 27.5 Å². The van der Waals surface area contributed by atoms with E-state index in [4.69, 9.17) is 24.4 Å². The molecule has 3 N–H and O–H groups in total.